The van der Waals surface area contributed by atoms with Crippen molar-refractivity contribution in [3.63, 3.8) is 0 Å². The molecule has 2 heterocycles. The summed E-state index contributed by atoms with van der Waals surface area (Å²) in [5.41, 5.74) is 10.6. The van der Waals surface area contributed by atoms with Crippen LogP contribution in [0.5, 0.6) is 23.0 Å². The van der Waals surface area contributed by atoms with E-state index < -0.39 is 0 Å². The molecule has 0 atom stereocenters. The zero-order chi connectivity index (χ0) is 17.4. The predicted octanol–water partition coefficient (Wildman–Crippen LogP) is 0.228. The van der Waals surface area contributed by atoms with Crippen LogP contribution in [0.2, 0.25) is 0 Å². The summed E-state index contributed by atoms with van der Waals surface area (Å²) in [4.78, 5) is 0. The summed E-state index contributed by atoms with van der Waals surface area (Å²) in [6.07, 6.45) is 0. The Hall–Kier alpha value is -2.64. The third-order valence-corrected chi connectivity index (χ3v) is 4.77. The van der Waals surface area contributed by atoms with Gasteiger partial charge in [-0.3, -0.25) is 0 Å². The molecule has 136 valence electrons. The minimum absolute atomic E-state index is 0. The maximum Gasteiger partial charge on any atom is 0.233 e. The van der Waals surface area contributed by atoms with Crippen molar-refractivity contribution in [2.75, 3.05) is 26.7 Å². The van der Waals surface area contributed by atoms with E-state index in [-0.39, 0.29) is 19.2 Å². The molecular weight excluding hydrogens is 376 g/mol. The molecule has 0 aliphatic carbocycles. The van der Waals surface area contributed by atoms with Crippen molar-refractivity contribution in [1.82, 2.24) is 0 Å². The molecule has 3 N–H and O–H groups in total. The minimum Gasteiger partial charge on any atom is -1.00 e. The van der Waals surface area contributed by atoms with E-state index in [9.17, 15) is 0 Å². The summed E-state index contributed by atoms with van der Waals surface area (Å²) >= 11 is 1.51. The van der Waals surface area contributed by atoms with Gasteiger partial charge in [-0.05, 0) is 29.8 Å². The van der Waals surface area contributed by atoms with E-state index in [1.807, 2.05) is 35.7 Å². The van der Waals surface area contributed by atoms with Gasteiger partial charge in [0.1, 0.15) is 17.3 Å². The van der Waals surface area contributed by atoms with Crippen molar-refractivity contribution >= 4 is 17.2 Å². The summed E-state index contributed by atoms with van der Waals surface area (Å²) in [5.74, 6) is 2.62. The van der Waals surface area contributed by atoms with Crippen LogP contribution in [0.15, 0.2) is 35.7 Å². The van der Waals surface area contributed by atoms with Gasteiger partial charge in [0.15, 0.2) is 11.5 Å². The van der Waals surface area contributed by atoms with Gasteiger partial charge in [0, 0.05) is 0 Å². The molecule has 0 unspecified atom stereocenters. The molecule has 0 bridgehead atoms. The zero-order valence-electron chi connectivity index (χ0n) is 14.2. The molecule has 0 saturated carbocycles. The van der Waals surface area contributed by atoms with Gasteiger partial charge >= 0.3 is 0 Å². The molecule has 3 aromatic rings. The smallest absolute Gasteiger partial charge is 0.233 e. The number of hydrogen-bond donors (Lipinski definition) is 1. The Balaban J connectivity index is 0.00000196. The number of H-pyrrole nitrogens is 1. The number of nitrogens with one attached hydrogen (secondary N) is 1. The van der Waals surface area contributed by atoms with Crippen LogP contribution in [0.1, 0.15) is 0 Å². The highest BCUT2D eigenvalue weighted by atomic mass is 35.5. The lowest BCUT2D eigenvalue weighted by Crippen LogP contribution is -3.00. The lowest BCUT2D eigenvalue weighted by molar-refractivity contribution is -0.275. The van der Waals surface area contributed by atoms with Crippen LogP contribution in [0.3, 0.4) is 0 Å². The molecule has 0 fully saturated rings. The number of fused-ring (bicyclic) bond motifs is 1. The first-order chi connectivity index (χ1) is 12.2. The Bertz CT molecular complexity index is 945. The van der Waals surface area contributed by atoms with Crippen molar-refractivity contribution in [3.8, 4) is 45.4 Å². The molecule has 4 rings (SSSR count). The van der Waals surface area contributed by atoms with Crippen molar-refractivity contribution in [2.45, 2.75) is 0 Å². The van der Waals surface area contributed by atoms with E-state index in [1.165, 1.54) is 11.5 Å². The maximum atomic E-state index is 6.06. The number of halogens is 1. The van der Waals surface area contributed by atoms with Gasteiger partial charge in [0.25, 0.3) is 0 Å². The number of ether oxygens (including phenoxy) is 4. The maximum absolute atomic E-state index is 6.06. The Labute approximate surface area is 161 Å². The Morgan fingerprint density at radius 3 is 2.58 bits per heavy atom. The third kappa shape index (κ3) is 3.00. The fourth-order valence-electron chi connectivity index (χ4n) is 2.86. The first-order valence-electron chi connectivity index (χ1n) is 7.62. The van der Waals surface area contributed by atoms with Crippen LogP contribution < -0.4 is 41.5 Å². The largest absolute Gasteiger partial charge is 1.00 e. The predicted molar refractivity (Wildman–Crippen MR) is 95.4 cm³/mol. The van der Waals surface area contributed by atoms with Crippen LogP contribution in [0.4, 0.5) is 5.69 Å². The van der Waals surface area contributed by atoms with E-state index in [1.54, 1.807) is 14.2 Å². The van der Waals surface area contributed by atoms with Crippen LogP contribution in [-0.2, 0) is 0 Å². The first kappa shape index (κ1) is 18.2. The molecule has 0 amide bonds. The van der Waals surface area contributed by atoms with Crippen LogP contribution >= 0.6 is 11.5 Å². The number of methoxy groups -OCH3 is 2. The normalized spacial score (nSPS) is 11.8. The molecule has 0 saturated heterocycles. The highest BCUT2D eigenvalue weighted by Gasteiger charge is 2.25. The molecule has 2 aromatic carbocycles. The SMILES string of the molecule is COc1ccc(-c2cs[nH+]c2-c2cc(OC)c3c(c2)OCO3)cc1N.[Cl-]. The highest BCUT2D eigenvalue weighted by molar-refractivity contribution is 6.99. The average Bonchev–Trinajstić information content (AvgIpc) is 3.29. The summed E-state index contributed by atoms with van der Waals surface area (Å²) < 4.78 is 25.0. The summed E-state index contributed by atoms with van der Waals surface area (Å²) in [5, 5.41) is 2.05. The van der Waals surface area contributed by atoms with Crippen LogP contribution in [0, 0.1) is 0 Å². The van der Waals surface area contributed by atoms with Crippen molar-refractivity contribution in [1.29, 1.82) is 0 Å². The molecule has 8 heteroatoms. The molecule has 26 heavy (non-hydrogen) atoms. The van der Waals surface area contributed by atoms with Gasteiger partial charge in [-0.2, -0.15) is 0 Å². The standard InChI is InChI=1S/C18H16N2O4S.ClH/c1-21-14-4-3-10(5-13(14)19)12-8-25-20-17(12)11-6-15(22-2)18-16(7-11)23-9-24-18;/h3-8H,9,19H2,1-2H3;1H. The van der Waals surface area contributed by atoms with Crippen molar-refractivity contribution in [2.24, 2.45) is 0 Å². The number of hydrogen-bond acceptors (Lipinski definition) is 6. The Kier molecular flexibility index (Phi) is 5.11. The molecule has 1 aliphatic rings. The second-order valence-corrected chi connectivity index (χ2v) is 6.17. The van der Waals surface area contributed by atoms with Gasteiger partial charge in [0.2, 0.25) is 18.2 Å². The molecule has 1 aliphatic heterocycles. The summed E-state index contributed by atoms with van der Waals surface area (Å²) in [6.45, 7) is 0.199. The van der Waals surface area contributed by atoms with E-state index >= 15 is 0 Å². The summed E-state index contributed by atoms with van der Waals surface area (Å²) in [6, 6.07) is 9.63. The van der Waals surface area contributed by atoms with Crippen LogP contribution in [0.25, 0.3) is 22.4 Å². The second-order valence-electron chi connectivity index (χ2n) is 5.50. The van der Waals surface area contributed by atoms with Gasteiger partial charge in [0.05, 0.1) is 36.4 Å². The van der Waals surface area contributed by atoms with Gasteiger partial charge in [-0.1, -0.05) is 6.07 Å². The number of anilines is 1. The lowest BCUT2D eigenvalue weighted by atomic mass is 10.0. The number of nitrogens with two attached hydrogens (primary N) is 1. The number of aromatic amines is 1. The van der Waals surface area contributed by atoms with Gasteiger partial charge in [-0.25, -0.2) is 0 Å². The van der Waals surface area contributed by atoms with E-state index in [0.717, 1.165) is 22.4 Å². The number of aromatic nitrogens is 1. The third-order valence-electron chi connectivity index (χ3n) is 4.09. The lowest BCUT2D eigenvalue weighted by Gasteiger charge is -2.08. The second kappa shape index (κ2) is 7.31. The molecule has 1 aromatic heterocycles. The Morgan fingerprint density at radius 2 is 1.85 bits per heavy atom. The van der Waals surface area contributed by atoms with Crippen molar-refractivity contribution in [3.05, 3.63) is 35.7 Å². The van der Waals surface area contributed by atoms with E-state index in [0.29, 0.717) is 28.7 Å². The fourth-order valence-corrected chi connectivity index (χ4v) is 3.64. The monoisotopic (exact) mass is 392 g/mol. The minimum atomic E-state index is 0. The summed E-state index contributed by atoms with van der Waals surface area (Å²) in [7, 11) is 3.22. The van der Waals surface area contributed by atoms with E-state index in [4.69, 9.17) is 24.7 Å². The molecule has 6 nitrogen and oxygen atoms in total. The average molecular weight is 393 g/mol. The number of benzene rings is 2. The quantitative estimate of drug-likeness (QED) is 0.643. The molecule has 0 radical (unpaired) electrons. The fraction of sp³-hybridized carbons (Fsp3) is 0.167. The topological polar surface area (TPSA) is 77.1 Å². The molecular formula is C18H17ClN2O4S. The van der Waals surface area contributed by atoms with Gasteiger partial charge < -0.3 is 37.1 Å². The van der Waals surface area contributed by atoms with Crippen LogP contribution in [-0.4, -0.2) is 21.0 Å². The number of nitrogen functional groups attached to an aromatic ring is 1. The first-order valence-corrected chi connectivity index (χ1v) is 8.50. The van der Waals surface area contributed by atoms with Crippen molar-refractivity contribution < 1.29 is 35.7 Å². The zero-order valence-corrected chi connectivity index (χ0v) is 15.7. The molecule has 0 spiro atoms. The Morgan fingerprint density at radius 1 is 1.04 bits per heavy atom. The number of rotatable bonds is 4. The van der Waals surface area contributed by atoms with E-state index in [2.05, 4.69) is 4.37 Å². The highest BCUT2D eigenvalue weighted by Crippen LogP contribution is 2.45. The van der Waals surface area contributed by atoms with Gasteiger partial charge in [-0.15, -0.1) is 4.37 Å².